The zero-order valence-corrected chi connectivity index (χ0v) is 9.59. The minimum absolute atomic E-state index is 0.501. The van der Waals surface area contributed by atoms with Crippen LogP contribution in [0.15, 0.2) is 24.3 Å². The van der Waals surface area contributed by atoms with Crippen LogP contribution < -0.4 is 14.8 Å². The van der Waals surface area contributed by atoms with E-state index in [0.29, 0.717) is 6.07 Å². The summed E-state index contributed by atoms with van der Waals surface area (Å²) in [6.07, 6.45) is 0. The van der Waals surface area contributed by atoms with E-state index >= 15 is 0 Å². The molecule has 0 amide bonds. The maximum Gasteiger partial charge on any atom is 0.636 e. The van der Waals surface area contributed by atoms with Crippen LogP contribution in [0.3, 0.4) is 0 Å². The first-order valence-electron chi connectivity index (χ1n) is 5.43. The molecule has 0 unspecified atom stereocenters. The van der Waals surface area contributed by atoms with Crippen LogP contribution in [0.4, 0.5) is 22.0 Å². The number of benzene rings is 2. The third kappa shape index (κ3) is 1.79. The molecule has 0 saturated heterocycles. The molecule has 2 aromatic rings. The minimum atomic E-state index is -1.72. The van der Waals surface area contributed by atoms with Crippen LogP contribution in [-0.2, 0) is 0 Å². The molecule has 0 saturated carbocycles. The van der Waals surface area contributed by atoms with E-state index < -0.39 is 53.2 Å². The quantitative estimate of drug-likeness (QED) is 0.455. The fourth-order valence-electron chi connectivity index (χ4n) is 1.82. The third-order valence-electron chi connectivity index (χ3n) is 2.78. The van der Waals surface area contributed by atoms with E-state index in [2.05, 4.69) is 0 Å². The highest BCUT2D eigenvalue weighted by Crippen LogP contribution is 2.38. The predicted molar refractivity (Wildman–Crippen MR) is 59.3 cm³/mol. The van der Waals surface area contributed by atoms with Gasteiger partial charge in [-0.1, -0.05) is 6.07 Å². The van der Waals surface area contributed by atoms with Gasteiger partial charge in [-0.15, -0.1) is 0 Å². The van der Waals surface area contributed by atoms with Crippen LogP contribution in [0.1, 0.15) is 0 Å². The Morgan fingerprint density at radius 2 is 1.15 bits per heavy atom. The van der Waals surface area contributed by atoms with Crippen LogP contribution >= 0.6 is 0 Å². The van der Waals surface area contributed by atoms with Crippen molar-refractivity contribution in [1.29, 1.82) is 0 Å². The van der Waals surface area contributed by atoms with Crippen molar-refractivity contribution in [3.05, 3.63) is 53.4 Å². The zero-order valence-electron chi connectivity index (χ0n) is 9.59. The van der Waals surface area contributed by atoms with Crippen LogP contribution in [0.2, 0.25) is 0 Å². The van der Waals surface area contributed by atoms with E-state index in [9.17, 15) is 22.0 Å². The zero-order chi connectivity index (χ0) is 14.4. The molecule has 0 N–H and O–H groups in total. The standard InChI is InChI=1S/C12H4BF5O2/c14-6-2-1-5(9(17)10(6)18)13-19-11-7(15)3-4-8(16)12(11)20-13/h1-4H. The first kappa shape index (κ1) is 12.8. The second-order valence-electron chi connectivity index (χ2n) is 4.02. The van der Waals surface area contributed by atoms with Crippen molar-refractivity contribution >= 4 is 12.6 Å². The van der Waals surface area contributed by atoms with Crippen molar-refractivity contribution in [2.24, 2.45) is 0 Å². The number of fused-ring (bicyclic) bond motifs is 1. The van der Waals surface area contributed by atoms with Crippen LogP contribution in [0, 0.1) is 29.1 Å². The maximum absolute atomic E-state index is 13.6. The number of hydrogen-bond donors (Lipinski definition) is 0. The van der Waals surface area contributed by atoms with Crippen molar-refractivity contribution in [3.63, 3.8) is 0 Å². The predicted octanol–water partition coefficient (Wildman–Crippen LogP) is 2.55. The molecule has 0 aliphatic carbocycles. The van der Waals surface area contributed by atoms with Gasteiger partial charge >= 0.3 is 7.12 Å². The van der Waals surface area contributed by atoms with Gasteiger partial charge < -0.3 is 9.31 Å². The molecular weight excluding hydrogens is 282 g/mol. The highest BCUT2D eigenvalue weighted by Gasteiger charge is 2.40. The molecule has 0 radical (unpaired) electrons. The topological polar surface area (TPSA) is 18.5 Å². The Balaban J connectivity index is 2.03. The second-order valence-corrected chi connectivity index (χ2v) is 4.02. The summed E-state index contributed by atoms with van der Waals surface area (Å²) in [7, 11) is -1.59. The molecule has 1 heterocycles. The minimum Gasteiger partial charge on any atom is -0.517 e. The lowest BCUT2D eigenvalue weighted by Crippen LogP contribution is -2.42. The Hall–Kier alpha value is -2.25. The molecule has 2 aromatic carbocycles. The Morgan fingerprint density at radius 1 is 0.650 bits per heavy atom. The van der Waals surface area contributed by atoms with E-state index in [1.165, 1.54) is 0 Å². The van der Waals surface area contributed by atoms with Crippen molar-refractivity contribution < 1.29 is 31.3 Å². The number of rotatable bonds is 1. The maximum atomic E-state index is 13.6. The smallest absolute Gasteiger partial charge is 0.517 e. The summed E-state index contributed by atoms with van der Waals surface area (Å²) in [5, 5.41) is 0. The van der Waals surface area contributed by atoms with Crippen LogP contribution in [-0.4, -0.2) is 7.12 Å². The molecule has 1 aliphatic rings. The Morgan fingerprint density at radius 3 is 1.70 bits per heavy atom. The molecule has 20 heavy (non-hydrogen) atoms. The first-order chi connectivity index (χ1) is 9.49. The van der Waals surface area contributed by atoms with Crippen molar-refractivity contribution in [3.8, 4) is 11.5 Å². The Labute approximate surface area is 109 Å². The van der Waals surface area contributed by atoms with Gasteiger partial charge in [-0.3, -0.25) is 0 Å². The molecule has 3 rings (SSSR count). The molecule has 1 aliphatic heterocycles. The van der Waals surface area contributed by atoms with E-state index in [1.54, 1.807) is 0 Å². The SMILES string of the molecule is Fc1ccc(B2Oc3c(F)ccc(F)c3O2)c(F)c1F. The largest absolute Gasteiger partial charge is 0.636 e. The van der Waals surface area contributed by atoms with Gasteiger partial charge in [0.25, 0.3) is 0 Å². The molecule has 102 valence electrons. The number of halogens is 5. The monoisotopic (exact) mass is 286 g/mol. The summed E-state index contributed by atoms with van der Waals surface area (Å²) in [6, 6.07) is 3.15. The van der Waals surface area contributed by atoms with E-state index in [4.69, 9.17) is 9.31 Å². The van der Waals surface area contributed by atoms with E-state index in [-0.39, 0.29) is 0 Å². The summed E-state index contributed by atoms with van der Waals surface area (Å²) in [4.78, 5) is 0. The van der Waals surface area contributed by atoms with Crippen molar-refractivity contribution in [2.75, 3.05) is 0 Å². The lowest BCUT2D eigenvalue weighted by Gasteiger charge is -2.07. The average molecular weight is 286 g/mol. The van der Waals surface area contributed by atoms with Gasteiger partial charge in [-0.05, 0) is 18.2 Å². The van der Waals surface area contributed by atoms with E-state index in [0.717, 1.165) is 18.2 Å². The lowest BCUT2D eigenvalue weighted by molar-refractivity contribution is 0.444. The summed E-state index contributed by atoms with van der Waals surface area (Å²) < 4.78 is 76.2. The summed E-state index contributed by atoms with van der Waals surface area (Å²) in [6.45, 7) is 0. The molecular formula is C12H4BF5O2. The molecule has 0 bridgehead atoms. The Kier molecular flexibility index (Phi) is 2.81. The first-order valence-corrected chi connectivity index (χ1v) is 5.43. The number of hydrogen-bond acceptors (Lipinski definition) is 2. The molecule has 2 nitrogen and oxygen atoms in total. The summed E-state index contributed by atoms with van der Waals surface area (Å²) in [5.41, 5.74) is -0.501. The van der Waals surface area contributed by atoms with Crippen LogP contribution in [0.5, 0.6) is 11.5 Å². The van der Waals surface area contributed by atoms with E-state index in [1.807, 2.05) is 0 Å². The molecule has 0 spiro atoms. The highest BCUT2D eigenvalue weighted by molar-refractivity contribution is 6.63. The second kappa shape index (κ2) is 4.40. The van der Waals surface area contributed by atoms with Gasteiger partial charge in [-0.2, -0.15) is 0 Å². The van der Waals surface area contributed by atoms with Gasteiger partial charge in [0, 0.05) is 0 Å². The molecule has 0 atom stereocenters. The third-order valence-corrected chi connectivity index (χ3v) is 2.78. The highest BCUT2D eigenvalue weighted by atomic mass is 19.2. The van der Waals surface area contributed by atoms with Crippen molar-refractivity contribution in [2.45, 2.75) is 0 Å². The fourth-order valence-corrected chi connectivity index (χ4v) is 1.82. The summed E-state index contributed by atoms with van der Waals surface area (Å²) in [5.74, 6) is -7.55. The van der Waals surface area contributed by atoms with Crippen LogP contribution in [0.25, 0.3) is 0 Å². The normalized spacial score (nSPS) is 12.9. The molecule has 8 heteroatoms. The fraction of sp³-hybridized carbons (Fsp3) is 0. The van der Waals surface area contributed by atoms with Gasteiger partial charge in [-0.25, -0.2) is 22.0 Å². The summed E-state index contributed by atoms with van der Waals surface area (Å²) >= 11 is 0. The van der Waals surface area contributed by atoms with Gasteiger partial charge in [0.15, 0.2) is 40.6 Å². The lowest BCUT2D eigenvalue weighted by atomic mass is 9.79. The molecule has 0 fully saturated rings. The average Bonchev–Trinajstić information content (AvgIpc) is 2.87. The Bertz CT molecular complexity index is 676. The molecule has 0 aromatic heterocycles. The van der Waals surface area contributed by atoms with Gasteiger partial charge in [0.1, 0.15) is 0 Å². The van der Waals surface area contributed by atoms with Gasteiger partial charge in [0.05, 0.1) is 5.46 Å². The van der Waals surface area contributed by atoms with Crippen molar-refractivity contribution in [1.82, 2.24) is 0 Å². The van der Waals surface area contributed by atoms with Gasteiger partial charge in [0.2, 0.25) is 0 Å².